The molecular weight excluding hydrogens is 453 g/mol. The largest absolute Gasteiger partial charge is 0.368 e. The highest BCUT2D eigenvalue weighted by Crippen LogP contribution is 2.26. The summed E-state index contributed by atoms with van der Waals surface area (Å²) in [6, 6.07) is 18.0. The van der Waals surface area contributed by atoms with E-state index in [0.29, 0.717) is 5.69 Å². The van der Waals surface area contributed by atoms with Gasteiger partial charge in [0.1, 0.15) is 5.82 Å². The molecule has 1 aromatic heterocycles. The van der Waals surface area contributed by atoms with Gasteiger partial charge in [-0.2, -0.15) is 0 Å². The Kier molecular flexibility index (Phi) is 6.63. The van der Waals surface area contributed by atoms with Crippen molar-refractivity contribution >= 4 is 29.0 Å². The fourth-order valence-corrected chi connectivity index (χ4v) is 4.92. The first-order valence-corrected chi connectivity index (χ1v) is 12.1. The standard InChI is InChI=1S/C26H27ClFN5O/c27-21-2-1-3-23(18-21)31-14-16-33(17-15-31)26(34)20-10-12-32(13-11-20)25-9-8-24(29-30-25)19-4-6-22(28)7-5-19/h1-9,18,20H,10-17H2. The number of benzene rings is 2. The van der Waals surface area contributed by atoms with Crippen molar-refractivity contribution in [2.24, 2.45) is 5.92 Å². The Morgan fingerprint density at radius 3 is 2.24 bits per heavy atom. The molecule has 2 fully saturated rings. The van der Waals surface area contributed by atoms with Crippen molar-refractivity contribution in [1.82, 2.24) is 15.1 Å². The van der Waals surface area contributed by atoms with Crippen LogP contribution in [0.3, 0.4) is 0 Å². The topological polar surface area (TPSA) is 52.6 Å². The average molecular weight is 480 g/mol. The van der Waals surface area contributed by atoms with E-state index in [1.54, 1.807) is 12.1 Å². The summed E-state index contributed by atoms with van der Waals surface area (Å²) in [5, 5.41) is 9.43. The van der Waals surface area contributed by atoms with Gasteiger partial charge in [-0.05, 0) is 67.4 Å². The molecule has 0 radical (unpaired) electrons. The second-order valence-corrected chi connectivity index (χ2v) is 9.27. The third kappa shape index (κ3) is 4.99. The number of halogens is 2. The second kappa shape index (κ2) is 9.97. The van der Waals surface area contributed by atoms with Crippen LogP contribution in [0.5, 0.6) is 0 Å². The van der Waals surface area contributed by atoms with E-state index >= 15 is 0 Å². The maximum atomic E-state index is 13.1. The maximum absolute atomic E-state index is 13.1. The molecule has 176 valence electrons. The lowest BCUT2D eigenvalue weighted by molar-refractivity contribution is -0.136. The molecule has 2 aliphatic heterocycles. The number of amides is 1. The van der Waals surface area contributed by atoms with Gasteiger partial charge in [-0.1, -0.05) is 17.7 Å². The Morgan fingerprint density at radius 2 is 1.59 bits per heavy atom. The van der Waals surface area contributed by atoms with E-state index in [2.05, 4.69) is 26.1 Å². The quantitative estimate of drug-likeness (QED) is 0.551. The van der Waals surface area contributed by atoms with E-state index in [-0.39, 0.29) is 17.6 Å². The normalized spacial score (nSPS) is 17.2. The van der Waals surface area contributed by atoms with Gasteiger partial charge in [-0.3, -0.25) is 4.79 Å². The van der Waals surface area contributed by atoms with Gasteiger partial charge in [-0.25, -0.2) is 4.39 Å². The number of hydrogen-bond acceptors (Lipinski definition) is 5. The van der Waals surface area contributed by atoms with Crippen LogP contribution >= 0.6 is 11.6 Å². The van der Waals surface area contributed by atoms with Crippen molar-refractivity contribution in [1.29, 1.82) is 0 Å². The van der Waals surface area contributed by atoms with Crippen LogP contribution in [-0.4, -0.2) is 60.3 Å². The minimum atomic E-state index is -0.270. The Labute approximate surface area is 204 Å². The van der Waals surface area contributed by atoms with Crippen LogP contribution in [0, 0.1) is 11.7 Å². The summed E-state index contributed by atoms with van der Waals surface area (Å²) in [5.74, 6) is 0.865. The van der Waals surface area contributed by atoms with Crippen molar-refractivity contribution in [3.05, 3.63) is 71.5 Å². The molecule has 0 bridgehead atoms. The first-order chi connectivity index (χ1) is 16.6. The summed E-state index contributed by atoms with van der Waals surface area (Å²) in [5.41, 5.74) is 2.66. The molecule has 3 aromatic rings. The highest BCUT2D eigenvalue weighted by Gasteiger charge is 2.31. The molecule has 0 atom stereocenters. The van der Waals surface area contributed by atoms with Crippen molar-refractivity contribution in [2.75, 3.05) is 49.1 Å². The summed E-state index contributed by atoms with van der Waals surface area (Å²) in [6.45, 7) is 4.68. The fraction of sp³-hybridized carbons (Fsp3) is 0.346. The van der Waals surface area contributed by atoms with Gasteiger partial charge in [0.15, 0.2) is 5.82 Å². The summed E-state index contributed by atoms with van der Waals surface area (Å²) in [6.07, 6.45) is 1.63. The molecule has 8 heteroatoms. The Hall–Kier alpha value is -3.19. The van der Waals surface area contributed by atoms with E-state index < -0.39 is 0 Å². The van der Waals surface area contributed by atoms with Crippen LogP contribution in [0.4, 0.5) is 15.9 Å². The second-order valence-electron chi connectivity index (χ2n) is 8.84. The predicted molar refractivity (Wildman–Crippen MR) is 133 cm³/mol. The van der Waals surface area contributed by atoms with Crippen molar-refractivity contribution in [3.8, 4) is 11.3 Å². The number of carbonyl (C=O) groups is 1. The summed E-state index contributed by atoms with van der Waals surface area (Å²) in [7, 11) is 0. The highest BCUT2D eigenvalue weighted by molar-refractivity contribution is 6.30. The van der Waals surface area contributed by atoms with E-state index in [4.69, 9.17) is 11.6 Å². The zero-order valence-corrected chi connectivity index (χ0v) is 19.7. The molecular formula is C26H27ClFN5O. The number of piperazine rings is 1. The maximum Gasteiger partial charge on any atom is 0.225 e. The Bertz CT molecular complexity index is 1120. The van der Waals surface area contributed by atoms with Gasteiger partial charge in [0.2, 0.25) is 5.91 Å². The molecule has 2 aliphatic rings. The molecule has 0 spiro atoms. The number of carbonyl (C=O) groups excluding carboxylic acids is 1. The third-order valence-electron chi connectivity index (χ3n) is 6.72. The van der Waals surface area contributed by atoms with Crippen LogP contribution < -0.4 is 9.80 Å². The van der Waals surface area contributed by atoms with E-state index in [9.17, 15) is 9.18 Å². The minimum Gasteiger partial charge on any atom is -0.368 e. The molecule has 0 unspecified atom stereocenters. The Balaban J connectivity index is 1.12. The molecule has 0 N–H and O–H groups in total. The lowest BCUT2D eigenvalue weighted by Gasteiger charge is -2.39. The highest BCUT2D eigenvalue weighted by atomic mass is 35.5. The lowest BCUT2D eigenvalue weighted by Crippen LogP contribution is -2.51. The minimum absolute atomic E-state index is 0.0559. The monoisotopic (exact) mass is 479 g/mol. The SMILES string of the molecule is O=C(C1CCN(c2ccc(-c3ccc(F)cc3)nn2)CC1)N1CCN(c2cccc(Cl)c2)CC1. The van der Waals surface area contributed by atoms with Crippen LogP contribution in [0.25, 0.3) is 11.3 Å². The molecule has 3 heterocycles. The average Bonchev–Trinajstić information content (AvgIpc) is 2.89. The number of nitrogens with zero attached hydrogens (tertiary/aromatic N) is 5. The number of aromatic nitrogens is 2. The zero-order chi connectivity index (χ0) is 23.5. The van der Waals surface area contributed by atoms with E-state index in [1.165, 1.54) is 12.1 Å². The summed E-state index contributed by atoms with van der Waals surface area (Å²) >= 11 is 6.13. The van der Waals surface area contributed by atoms with Crippen LogP contribution in [0.1, 0.15) is 12.8 Å². The lowest BCUT2D eigenvalue weighted by atomic mass is 9.95. The Morgan fingerprint density at radius 1 is 0.853 bits per heavy atom. The number of anilines is 2. The van der Waals surface area contributed by atoms with Gasteiger partial charge in [0.25, 0.3) is 0 Å². The molecule has 34 heavy (non-hydrogen) atoms. The van der Waals surface area contributed by atoms with Crippen molar-refractivity contribution in [3.63, 3.8) is 0 Å². The fourth-order valence-electron chi connectivity index (χ4n) is 4.74. The molecule has 5 rings (SSSR count). The number of rotatable bonds is 4. The van der Waals surface area contributed by atoms with Crippen LogP contribution in [0.2, 0.25) is 5.02 Å². The first kappa shape index (κ1) is 22.6. The van der Waals surface area contributed by atoms with Crippen molar-refractivity contribution in [2.45, 2.75) is 12.8 Å². The smallest absolute Gasteiger partial charge is 0.225 e. The van der Waals surface area contributed by atoms with Gasteiger partial charge >= 0.3 is 0 Å². The first-order valence-electron chi connectivity index (χ1n) is 11.7. The number of hydrogen-bond donors (Lipinski definition) is 0. The summed E-state index contributed by atoms with van der Waals surface area (Å²) < 4.78 is 13.1. The predicted octanol–water partition coefficient (Wildman–Crippen LogP) is 4.50. The molecule has 6 nitrogen and oxygen atoms in total. The van der Waals surface area contributed by atoms with E-state index in [0.717, 1.165) is 74.2 Å². The third-order valence-corrected chi connectivity index (χ3v) is 6.96. The van der Waals surface area contributed by atoms with Gasteiger partial charge < -0.3 is 14.7 Å². The van der Waals surface area contributed by atoms with Gasteiger partial charge in [0.05, 0.1) is 5.69 Å². The zero-order valence-electron chi connectivity index (χ0n) is 18.9. The number of piperidine rings is 1. The molecule has 2 saturated heterocycles. The van der Waals surface area contributed by atoms with Crippen LogP contribution in [-0.2, 0) is 4.79 Å². The van der Waals surface area contributed by atoms with Crippen LogP contribution in [0.15, 0.2) is 60.7 Å². The molecule has 0 saturated carbocycles. The molecule has 1 amide bonds. The molecule has 2 aromatic carbocycles. The van der Waals surface area contributed by atoms with Gasteiger partial charge in [-0.15, -0.1) is 10.2 Å². The summed E-state index contributed by atoms with van der Waals surface area (Å²) in [4.78, 5) is 19.6. The molecule has 0 aliphatic carbocycles. The van der Waals surface area contributed by atoms with Crippen molar-refractivity contribution < 1.29 is 9.18 Å². The van der Waals surface area contributed by atoms with E-state index in [1.807, 2.05) is 35.2 Å². The van der Waals surface area contributed by atoms with Gasteiger partial charge in [0, 0.05) is 61.5 Å².